The molecule has 1 aromatic carbocycles. The van der Waals surface area contributed by atoms with E-state index in [1.54, 1.807) is 36.5 Å². The van der Waals surface area contributed by atoms with Gasteiger partial charge in [0.15, 0.2) is 0 Å². The van der Waals surface area contributed by atoms with Gasteiger partial charge in [0.2, 0.25) is 0 Å². The van der Waals surface area contributed by atoms with Crippen molar-refractivity contribution in [3.63, 3.8) is 0 Å². The van der Waals surface area contributed by atoms with Crippen molar-refractivity contribution < 1.29 is 14.3 Å². The summed E-state index contributed by atoms with van der Waals surface area (Å²) in [5.41, 5.74) is 3.68. The molecule has 1 heterocycles. The molecule has 0 aliphatic rings. The van der Waals surface area contributed by atoms with Crippen molar-refractivity contribution in [1.82, 2.24) is 10.4 Å². The van der Waals surface area contributed by atoms with Crippen molar-refractivity contribution in [2.24, 2.45) is 5.10 Å². The van der Waals surface area contributed by atoms with Crippen molar-refractivity contribution in [2.45, 2.75) is 0 Å². The van der Waals surface area contributed by atoms with Crippen LogP contribution in [0.3, 0.4) is 0 Å². The number of methoxy groups -OCH3 is 1. The predicted octanol–water partition coefficient (Wildman–Crippen LogP) is 2.33. The number of rotatable bonds is 4. The average molecular weight is 350 g/mol. The van der Waals surface area contributed by atoms with Crippen molar-refractivity contribution in [1.29, 1.82) is 0 Å². The number of H-pyrrole nitrogens is 1. The van der Waals surface area contributed by atoms with E-state index in [0.717, 1.165) is 4.47 Å². The number of hydrazone groups is 1. The molecule has 0 saturated heterocycles. The minimum absolute atomic E-state index is 0.375. The number of ether oxygens (including phenoxy) is 1. The molecule has 2 aromatic rings. The maximum atomic E-state index is 11.8. The summed E-state index contributed by atoms with van der Waals surface area (Å²) in [5, 5.41) is 3.84. The van der Waals surface area contributed by atoms with Crippen molar-refractivity contribution >= 4 is 34.0 Å². The third-order valence-electron chi connectivity index (χ3n) is 2.63. The Kier molecular flexibility index (Phi) is 4.89. The molecule has 0 unspecified atom stereocenters. The van der Waals surface area contributed by atoms with Gasteiger partial charge in [0, 0.05) is 16.2 Å². The van der Waals surface area contributed by atoms with Crippen molar-refractivity contribution in [3.8, 4) is 0 Å². The molecule has 0 spiro atoms. The van der Waals surface area contributed by atoms with E-state index >= 15 is 0 Å². The van der Waals surface area contributed by atoms with Gasteiger partial charge in [0.1, 0.15) is 5.69 Å². The third kappa shape index (κ3) is 3.79. The number of halogens is 1. The molecule has 2 N–H and O–H groups in total. The second-order valence-electron chi connectivity index (χ2n) is 4.01. The lowest BCUT2D eigenvalue weighted by Gasteiger charge is -2.02. The second-order valence-corrected chi connectivity index (χ2v) is 4.93. The third-order valence-corrected chi connectivity index (χ3v) is 3.09. The molecule has 0 fully saturated rings. The molecule has 6 nitrogen and oxygen atoms in total. The van der Waals surface area contributed by atoms with Gasteiger partial charge in [0.05, 0.1) is 18.9 Å². The summed E-state index contributed by atoms with van der Waals surface area (Å²) >= 11 is 3.24. The molecule has 0 saturated carbocycles. The lowest BCUT2D eigenvalue weighted by Crippen LogP contribution is -2.18. The molecule has 7 heteroatoms. The maximum Gasteiger partial charge on any atom is 0.338 e. The monoisotopic (exact) mass is 349 g/mol. The topological polar surface area (TPSA) is 83.5 Å². The van der Waals surface area contributed by atoms with E-state index < -0.39 is 5.97 Å². The van der Waals surface area contributed by atoms with Gasteiger partial charge < -0.3 is 9.72 Å². The number of benzene rings is 1. The molecule has 21 heavy (non-hydrogen) atoms. The smallest absolute Gasteiger partial charge is 0.338 e. The summed E-state index contributed by atoms with van der Waals surface area (Å²) in [7, 11) is 1.31. The molecule has 108 valence electrons. The summed E-state index contributed by atoms with van der Waals surface area (Å²) < 4.78 is 5.45. The Labute approximate surface area is 129 Å². The molecule has 0 bridgehead atoms. The Balaban J connectivity index is 2.08. The maximum absolute atomic E-state index is 11.8. The highest BCUT2D eigenvalue weighted by molar-refractivity contribution is 9.10. The number of hydrogen-bond acceptors (Lipinski definition) is 4. The second kappa shape index (κ2) is 6.85. The first kappa shape index (κ1) is 15.0. The standard InChI is InChI=1S/C14H12BrN3O3/c1-21-14(20)11-5-3-2-4-9(11)7-17-18-13(19)12-6-10(15)8-16-12/h2-8,16H,1H3,(H,18,19)/b17-7-. The van der Waals surface area contributed by atoms with E-state index in [0.29, 0.717) is 16.8 Å². The SMILES string of the molecule is COC(=O)c1ccccc1/C=N\NC(=O)c1cc(Br)c[nH]1. The number of hydrogen-bond donors (Lipinski definition) is 2. The molecule has 0 aliphatic carbocycles. The summed E-state index contributed by atoms with van der Waals surface area (Å²) in [5.74, 6) is -0.843. The highest BCUT2D eigenvalue weighted by Crippen LogP contribution is 2.10. The first-order valence-electron chi connectivity index (χ1n) is 5.96. The van der Waals surface area contributed by atoms with Crippen LogP contribution in [0.4, 0.5) is 0 Å². The van der Waals surface area contributed by atoms with Crippen molar-refractivity contribution in [3.05, 3.63) is 57.8 Å². The number of carbonyl (C=O) groups is 2. The number of amides is 1. The van der Waals surface area contributed by atoms with Gasteiger partial charge in [-0.1, -0.05) is 18.2 Å². The van der Waals surface area contributed by atoms with Gasteiger partial charge in [-0.2, -0.15) is 5.10 Å². The molecule has 0 radical (unpaired) electrons. The molecular weight excluding hydrogens is 338 g/mol. The van der Waals surface area contributed by atoms with Crippen LogP contribution in [0.1, 0.15) is 26.4 Å². The summed E-state index contributed by atoms with van der Waals surface area (Å²) in [6, 6.07) is 8.44. The fraction of sp³-hybridized carbons (Fsp3) is 0.0714. The quantitative estimate of drug-likeness (QED) is 0.504. The lowest BCUT2D eigenvalue weighted by atomic mass is 10.1. The first-order valence-corrected chi connectivity index (χ1v) is 6.76. The van der Waals surface area contributed by atoms with Crippen LogP contribution in [0.2, 0.25) is 0 Å². The predicted molar refractivity (Wildman–Crippen MR) is 81.3 cm³/mol. The van der Waals surface area contributed by atoms with Crippen LogP contribution in [-0.4, -0.2) is 30.2 Å². The van der Waals surface area contributed by atoms with E-state index in [1.165, 1.54) is 13.3 Å². The summed E-state index contributed by atoms with van der Waals surface area (Å²) in [6.45, 7) is 0. The highest BCUT2D eigenvalue weighted by atomic mass is 79.9. The molecule has 2 rings (SSSR count). The average Bonchev–Trinajstić information content (AvgIpc) is 2.93. The first-order chi connectivity index (χ1) is 10.1. The lowest BCUT2D eigenvalue weighted by molar-refractivity contribution is 0.0600. The number of aromatic amines is 1. The zero-order valence-electron chi connectivity index (χ0n) is 11.1. The highest BCUT2D eigenvalue weighted by Gasteiger charge is 2.10. The Bertz CT molecular complexity index is 694. The van der Waals surface area contributed by atoms with Crippen LogP contribution >= 0.6 is 15.9 Å². The molecule has 0 aliphatic heterocycles. The minimum Gasteiger partial charge on any atom is -0.465 e. The minimum atomic E-state index is -0.461. The number of nitrogens with one attached hydrogen (secondary N) is 2. The number of esters is 1. The number of nitrogens with zero attached hydrogens (tertiary/aromatic N) is 1. The zero-order chi connectivity index (χ0) is 15.2. The fourth-order valence-corrected chi connectivity index (χ4v) is 1.97. The Hall–Kier alpha value is -2.41. The van der Waals surface area contributed by atoms with Gasteiger partial charge >= 0.3 is 5.97 Å². The van der Waals surface area contributed by atoms with Crippen LogP contribution in [0.5, 0.6) is 0 Å². The number of aromatic nitrogens is 1. The van der Waals surface area contributed by atoms with Crippen LogP contribution in [0.25, 0.3) is 0 Å². The van der Waals surface area contributed by atoms with Gasteiger partial charge in [0.25, 0.3) is 5.91 Å². The van der Waals surface area contributed by atoms with E-state index in [2.05, 4.69) is 36.2 Å². The van der Waals surface area contributed by atoms with E-state index in [-0.39, 0.29) is 5.91 Å². The molecule has 0 atom stereocenters. The van der Waals surface area contributed by atoms with Gasteiger partial charge in [-0.15, -0.1) is 0 Å². The molecular formula is C14H12BrN3O3. The Morgan fingerprint density at radius 2 is 2.14 bits per heavy atom. The summed E-state index contributed by atoms with van der Waals surface area (Å²) in [4.78, 5) is 26.1. The van der Waals surface area contributed by atoms with E-state index in [1.807, 2.05) is 0 Å². The van der Waals surface area contributed by atoms with Crippen LogP contribution in [0.15, 0.2) is 46.1 Å². The van der Waals surface area contributed by atoms with E-state index in [9.17, 15) is 9.59 Å². The van der Waals surface area contributed by atoms with Gasteiger partial charge in [-0.05, 0) is 28.1 Å². The normalized spacial score (nSPS) is 10.6. The fourth-order valence-electron chi connectivity index (χ4n) is 1.63. The van der Waals surface area contributed by atoms with E-state index in [4.69, 9.17) is 0 Å². The Morgan fingerprint density at radius 3 is 2.81 bits per heavy atom. The summed E-state index contributed by atoms with van der Waals surface area (Å²) in [6.07, 6.45) is 3.04. The van der Waals surface area contributed by atoms with Crippen LogP contribution < -0.4 is 5.43 Å². The van der Waals surface area contributed by atoms with Gasteiger partial charge in [-0.25, -0.2) is 10.2 Å². The molecule has 1 amide bonds. The Morgan fingerprint density at radius 1 is 1.38 bits per heavy atom. The molecule has 1 aromatic heterocycles. The zero-order valence-corrected chi connectivity index (χ0v) is 12.7. The largest absolute Gasteiger partial charge is 0.465 e. The van der Waals surface area contributed by atoms with Gasteiger partial charge in [-0.3, -0.25) is 4.79 Å². The van der Waals surface area contributed by atoms with Crippen molar-refractivity contribution in [2.75, 3.05) is 7.11 Å². The number of carbonyl (C=O) groups excluding carboxylic acids is 2. The van der Waals surface area contributed by atoms with Crippen LogP contribution in [-0.2, 0) is 4.74 Å². The van der Waals surface area contributed by atoms with Crippen LogP contribution in [0, 0.1) is 0 Å².